The summed E-state index contributed by atoms with van der Waals surface area (Å²) in [7, 11) is 0. The van der Waals surface area contributed by atoms with Gasteiger partial charge in [0.2, 0.25) is 0 Å². The van der Waals surface area contributed by atoms with Crippen LogP contribution in [-0.2, 0) is 0 Å². The van der Waals surface area contributed by atoms with Crippen LogP contribution in [0.15, 0.2) is 54.0 Å². The second-order valence-corrected chi connectivity index (χ2v) is 10.9. The molecular formula is C25H28ClN3O2S. The van der Waals surface area contributed by atoms with Crippen LogP contribution in [-0.4, -0.2) is 28.0 Å². The summed E-state index contributed by atoms with van der Waals surface area (Å²) in [4.78, 5) is 17.3. The van der Waals surface area contributed by atoms with Gasteiger partial charge in [-0.1, -0.05) is 23.7 Å². The summed E-state index contributed by atoms with van der Waals surface area (Å²) in [5.74, 6) is 1.04. The van der Waals surface area contributed by atoms with Gasteiger partial charge in [-0.05, 0) is 70.9 Å². The Balaban J connectivity index is 1.49. The molecule has 2 aromatic carbocycles. The number of para-hydroxylation sites is 1. The van der Waals surface area contributed by atoms with Gasteiger partial charge in [-0.3, -0.25) is 4.79 Å². The Morgan fingerprint density at radius 1 is 1.12 bits per heavy atom. The van der Waals surface area contributed by atoms with E-state index in [1.54, 1.807) is 35.7 Å². The average Bonchev–Trinajstić information content (AvgIpc) is 3.22. The molecule has 1 amide bonds. The molecule has 0 bridgehead atoms. The fraction of sp³-hybridized carbons (Fsp3) is 0.360. The van der Waals surface area contributed by atoms with Crippen LogP contribution >= 0.6 is 22.9 Å². The molecule has 0 saturated carbocycles. The second-order valence-electron chi connectivity index (χ2n) is 9.55. The van der Waals surface area contributed by atoms with Gasteiger partial charge in [0.25, 0.3) is 5.91 Å². The van der Waals surface area contributed by atoms with Crippen molar-refractivity contribution in [3.05, 3.63) is 64.6 Å². The van der Waals surface area contributed by atoms with Gasteiger partial charge in [-0.2, -0.15) is 0 Å². The molecule has 1 aliphatic heterocycles. The van der Waals surface area contributed by atoms with Gasteiger partial charge in [0.1, 0.15) is 16.5 Å². The van der Waals surface area contributed by atoms with Crippen molar-refractivity contribution >= 4 is 28.8 Å². The Morgan fingerprint density at radius 2 is 1.84 bits per heavy atom. The Morgan fingerprint density at radius 3 is 2.50 bits per heavy atom. The van der Waals surface area contributed by atoms with Crippen molar-refractivity contribution in [2.24, 2.45) is 0 Å². The summed E-state index contributed by atoms with van der Waals surface area (Å²) in [5, 5.41) is 10.0. The summed E-state index contributed by atoms with van der Waals surface area (Å²) >= 11 is 8.05. The van der Waals surface area contributed by atoms with Crippen LogP contribution in [0.4, 0.5) is 0 Å². The zero-order chi connectivity index (χ0) is 22.9. The van der Waals surface area contributed by atoms with Crippen LogP contribution in [0.25, 0.3) is 10.6 Å². The predicted octanol–water partition coefficient (Wildman–Crippen LogP) is 6.29. The van der Waals surface area contributed by atoms with Gasteiger partial charge < -0.3 is 15.4 Å². The minimum absolute atomic E-state index is 0.0418. The summed E-state index contributed by atoms with van der Waals surface area (Å²) in [6, 6.07) is 12.9. The molecule has 0 atom stereocenters. The minimum atomic E-state index is -0.125. The van der Waals surface area contributed by atoms with E-state index in [-0.39, 0.29) is 23.0 Å². The van der Waals surface area contributed by atoms with Crippen LogP contribution in [0.5, 0.6) is 11.5 Å². The van der Waals surface area contributed by atoms with Gasteiger partial charge >= 0.3 is 0 Å². The molecular weight excluding hydrogens is 442 g/mol. The normalized spacial score (nSPS) is 17.7. The van der Waals surface area contributed by atoms with Crippen LogP contribution in [0.2, 0.25) is 5.02 Å². The largest absolute Gasteiger partial charge is 0.455 e. The van der Waals surface area contributed by atoms with E-state index in [2.05, 4.69) is 43.3 Å². The zero-order valence-corrected chi connectivity index (χ0v) is 20.3. The molecule has 0 unspecified atom stereocenters. The molecule has 2 heterocycles. The number of rotatable bonds is 5. The first-order valence-electron chi connectivity index (χ1n) is 10.7. The summed E-state index contributed by atoms with van der Waals surface area (Å²) in [6.07, 6.45) is 3.50. The lowest BCUT2D eigenvalue weighted by Gasteiger charge is -2.46. The molecule has 1 aromatic heterocycles. The molecule has 3 aromatic rings. The number of hydrogen-bond donors (Lipinski definition) is 2. The van der Waals surface area contributed by atoms with E-state index in [0.717, 1.165) is 23.4 Å². The van der Waals surface area contributed by atoms with E-state index in [1.807, 2.05) is 29.6 Å². The van der Waals surface area contributed by atoms with Gasteiger partial charge in [0.15, 0.2) is 0 Å². The number of hydrogen-bond acceptors (Lipinski definition) is 5. The molecule has 2 N–H and O–H groups in total. The van der Waals surface area contributed by atoms with Crippen molar-refractivity contribution in [1.82, 2.24) is 15.6 Å². The molecule has 0 spiro atoms. The van der Waals surface area contributed by atoms with Crippen LogP contribution in [0.3, 0.4) is 0 Å². The summed E-state index contributed by atoms with van der Waals surface area (Å²) in [5.41, 5.74) is 1.33. The van der Waals surface area contributed by atoms with Crippen LogP contribution in [0, 0.1) is 0 Å². The number of ether oxygens (including phenoxy) is 1. The Kier molecular flexibility index (Phi) is 6.30. The van der Waals surface area contributed by atoms with Crippen LogP contribution < -0.4 is 15.4 Å². The molecule has 168 valence electrons. The third-order valence-electron chi connectivity index (χ3n) is 5.49. The maximum Gasteiger partial charge on any atom is 0.251 e. The molecule has 0 aliphatic carbocycles. The van der Waals surface area contributed by atoms with Gasteiger partial charge in [0, 0.05) is 34.3 Å². The topological polar surface area (TPSA) is 63.2 Å². The first-order valence-corrected chi connectivity index (χ1v) is 11.9. The minimum Gasteiger partial charge on any atom is -0.455 e. The molecule has 4 rings (SSSR count). The molecule has 1 aliphatic rings. The average molecular weight is 470 g/mol. The maximum absolute atomic E-state index is 12.9. The standard InChI is InChI=1S/C25H28ClN3O2S/c1-24(2)14-17(15-25(3,4)29-24)28-22(30)16-9-10-21(19(26)13-16)31-20-8-6-5-7-18(20)23-27-11-12-32-23/h5-13,17,29H,14-15H2,1-4H3,(H,28,30). The number of benzene rings is 2. The highest BCUT2D eigenvalue weighted by Gasteiger charge is 2.38. The summed E-state index contributed by atoms with van der Waals surface area (Å²) in [6.45, 7) is 8.67. The van der Waals surface area contributed by atoms with Gasteiger partial charge in [0.05, 0.1) is 10.6 Å². The second kappa shape index (κ2) is 8.85. The van der Waals surface area contributed by atoms with Crippen molar-refractivity contribution in [3.63, 3.8) is 0 Å². The number of nitrogens with zero attached hydrogens (tertiary/aromatic N) is 1. The highest BCUT2D eigenvalue weighted by atomic mass is 35.5. The van der Waals surface area contributed by atoms with Crippen molar-refractivity contribution in [1.29, 1.82) is 0 Å². The molecule has 32 heavy (non-hydrogen) atoms. The van der Waals surface area contributed by atoms with E-state index in [9.17, 15) is 4.79 Å². The zero-order valence-electron chi connectivity index (χ0n) is 18.7. The Bertz CT molecular complexity index is 1100. The van der Waals surface area contributed by atoms with E-state index in [0.29, 0.717) is 22.1 Å². The lowest BCUT2D eigenvalue weighted by atomic mass is 9.79. The number of carbonyl (C=O) groups is 1. The quantitative estimate of drug-likeness (QED) is 0.460. The number of piperidine rings is 1. The number of thiazole rings is 1. The van der Waals surface area contributed by atoms with Crippen molar-refractivity contribution in [3.8, 4) is 22.1 Å². The number of amides is 1. The van der Waals surface area contributed by atoms with Crippen LogP contribution in [0.1, 0.15) is 50.9 Å². The van der Waals surface area contributed by atoms with E-state index >= 15 is 0 Å². The van der Waals surface area contributed by atoms with Crippen molar-refractivity contribution in [2.75, 3.05) is 0 Å². The maximum atomic E-state index is 12.9. The van der Waals surface area contributed by atoms with Gasteiger partial charge in [-0.25, -0.2) is 4.98 Å². The molecule has 7 heteroatoms. The van der Waals surface area contributed by atoms with E-state index in [1.165, 1.54) is 0 Å². The Labute approximate surface area is 198 Å². The number of halogens is 1. The smallest absolute Gasteiger partial charge is 0.251 e. The third-order valence-corrected chi connectivity index (χ3v) is 6.59. The predicted molar refractivity (Wildman–Crippen MR) is 131 cm³/mol. The summed E-state index contributed by atoms with van der Waals surface area (Å²) < 4.78 is 6.10. The lowest BCUT2D eigenvalue weighted by molar-refractivity contribution is 0.0873. The monoisotopic (exact) mass is 469 g/mol. The van der Waals surface area contributed by atoms with Crippen molar-refractivity contribution in [2.45, 2.75) is 57.7 Å². The highest BCUT2D eigenvalue weighted by Crippen LogP contribution is 2.37. The fourth-order valence-electron chi connectivity index (χ4n) is 4.63. The van der Waals surface area contributed by atoms with Crippen molar-refractivity contribution < 1.29 is 9.53 Å². The SMILES string of the molecule is CC1(C)CC(NC(=O)c2ccc(Oc3ccccc3-c3nccs3)c(Cl)c2)CC(C)(C)N1. The Hall–Kier alpha value is -2.41. The third kappa shape index (κ3) is 5.31. The molecule has 5 nitrogen and oxygen atoms in total. The van der Waals surface area contributed by atoms with E-state index < -0.39 is 0 Å². The molecule has 1 saturated heterocycles. The molecule has 1 fully saturated rings. The highest BCUT2D eigenvalue weighted by molar-refractivity contribution is 7.13. The number of nitrogens with one attached hydrogen (secondary N) is 2. The van der Waals surface area contributed by atoms with E-state index in [4.69, 9.17) is 16.3 Å². The molecule has 0 radical (unpaired) electrons. The lowest BCUT2D eigenvalue weighted by Crippen LogP contribution is -2.62. The first kappa shape index (κ1) is 22.8. The number of carbonyl (C=O) groups excluding carboxylic acids is 1. The van der Waals surface area contributed by atoms with Gasteiger partial charge in [-0.15, -0.1) is 11.3 Å². The fourth-order valence-corrected chi connectivity index (χ4v) is 5.51. The number of aromatic nitrogens is 1. The first-order chi connectivity index (χ1) is 15.1.